The molecule has 5 nitrogen and oxygen atoms in total. The van der Waals surface area contributed by atoms with Crippen LogP contribution in [0, 0.1) is 0 Å². The van der Waals surface area contributed by atoms with Gasteiger partial charge < -0.3 is 9.72 Å². The van der Waals surface area contributed by atoms with E-state index in [2.05, 4.69) is 21.0 Å². The second-order valence-corrected chi connectivity index (χ2v) is 6.09. The van der Waals surface area contributed by atoms with Gasteiger partial charge in [0.2, 0.25) is 0 Å². The topological polar surface area (TPSA) is 62.6 Å². The number of fused-ring (bicyclic) bond motifs is 1. The van der Waals surface area contributed by atoms with E-state index in [1.165, 1.54) is 0 Å². The molecule has 0 saturated carbocycles. The van der Waals surface area contributed by atoms with Crippen molar-refractivity contribution < 1.29 is 4.74 Å². The summed E-state index contributed by atoms with van der Waals surface area (Å²) in [7, 11) is 1.69. The summed E-state index contributed by atoms with van der Waals surface area (Å²) in [4.78, 5) is 17.2. The van der Waals surface area contributed by atoms with Gasteiger partial charge in [-0.3, -0.25) is 15.0 Å². The van der Waals surface area contributed by atoms with Crippen LogP contribution < -0.4 is 4.74 Å². The zero-order valence-electron chi connectivity index (χ0n) is 14.1. The lowest BCUT2D eigenvalue weighted by Gasteiger charge is -2.18. The molecule has 25 heavy (non-hydrogen) atoms. The molecule has 0 saturated heterocycles. The predicted molar refractivity (Wildman–Crippen MR) is 101 cm³/mol. The van der Waals surface area contributed by atoms with Gasteiger partial charge in [-0.05, 0) is 36.4 Å². The Bertz CT molecular complexity index is 927. The molecule has 0 fully saturated rings. The zero-order chi connectivity index (χ0) is 17.1. The van der Waals surface area contributed by atoms with E-state index in [1.54, 1.807) is 13.3 Å². The number of rotatable bonds is 4. The van der Waals surface area contributed by atoms with Crippen molar-refractivity contribution in [1.82, 2.24) is 9.97 Å². The Morgan fingerprint density at radius 3 is 3.04 bits per heavy atom. The maximum atomic E-state index is 5.31. The van der Waals surface area contributed by atoms with Crippen LogP contribution in [-0.2, 0) is 6.54 Å². The molecule has 0 radical (unpaired) electrons. The summed E-state index contributed by atoms with van der Waals surface area (Å²) in [6, 6.07) is 14.1. The number of hydrogen-bond acceptors (Lipinski definition) is 4. The van der Waals surface area contributed by atoms with E-state index < -0.39 is 0 Å². The first kappa shape index (κ1) is 15.6. The minimum atomic E-state index is 0.0934. The fourth-order valence-electron chi connectivity index (χ4n) is 3.14. The monoisotopic (exact) mass is 332 g/mol. The molecule has 5 heteroatoms. The summed E-state index contributed by atoms with van der Waals surface area (Å²) in [5, 5.41) is 1.14. The zero-order valence-corrected chi connectivity index (χ0v) is 14.1. The molecule has 1 atom stereocenters. The van der Waals surface area contributed by atoms with Crippen LogP contribution in [0.2, 0.25) is 0 Å². The second kappa shape index (κ2) is 6.89. The van der Waals surface area contributed by atoms with Gasteiger partial charge in [-0.1, -0.05) is 6.07 Å². The average Bonchev–Trinajstić information content (AvgIpc) is 3.10. The molecule has 0 aliphatic carbocycles. The van der Waals surface area contributed by atoms with Crippen molar-refractivity contribution in [3.8, 4) is 5.75 Å². The molecule has 0 spiro atoms. The third kappa shape index (κ3) is 3.31. The quantitative estimate of drug-likeness (QED) is 0.790. The minimum Gasteiger partial charge on any atom is -0.497 e. The van der Waals surface area contributed by atoms with Gasteiger partial charge >= 0.3 is 0 Å². The van der Waals surface area contributed by atoms with E-state index >= 15 is 0 Å². The van der Waals surface area contributed by atoms with Crippen molar-refractivity contribution >= 4 is 22.8 Å². The van der Waals surface area contributed by atoms with Crippen molar-refractivity contribution in [2.75, 3.05) is 13.7 Å². The molecule has 1 aliphatic rings. The van der Waals surface area contributed by atoms with Gasteiger partial charge in [-0.2, -0.15) is 0 Å². The molecule has 1 aliphatic heterocycles. The number of H-pyrrole nitrogens is 1. The fraction of sp³-hybridized carbons (Fsp3) is 0.250. The Hall–Kier alpha value is -2.95. The molecular weight excluding hydrogens is 312 g/mol. The van der Waals surface area contributed by atoms with Crippen molar-refractivity contribution in [2.45, 2.75) is 18.9 Å². The van der Waals surface area contributed by atoms with Gasteiger partial charge in [0.1, 0.15) is 5.75 Å². The largest absolute Gasteiger partial charge is 0.497 e. The molecule has 126 valence electrons. The maximum absolute atomic E-state index is 5.31. The second-order valence-electron chi connectivity index (χ2n) is 6.09. The van der Waals surface area contributed by atoms with Crippen LogP contribution in [0.25, 0.3) is 10.9 Å². The Kier molecular flexibility index (Phi) is 4.29. The van der Waals surface area contributed by atoms with Crippen LogP contribution in [0.1, 0.15) is 23.7 Å². The Morgan fingerprint density at radius 1 is 1.24 bits per heavy atom. The van der Waals surface area contributed by atoms with E-state index in [0.29, 0.717) is 6.54 Å². The molecule has 1 aromatic carbocycles. The van der Waals surface area contributed by atoms with Gasteiger partial charge in [-0.15, -0.1) is 0 Å². The van der Waals surface area contributed by atoms with Crippen molar-refractivity contribution in [3.05, 3.63) is 60.0 Å². The van der Waals surface area contributed by atoms with Crippen LogP contribution in [-0.4, -0.2) is 35.5 Å². The average molecular weight is 332 g/mol. The molecule has 1 N–H and O–H groups in total. The molecule has 3 aromatic rings. The summed E-state index contributed by atoms with van der Waals surface area (Å²) in [5.41, 5.74) is 4.35. The van der Waals surface area contributed by atoms with Crippen molar-refractivity contribution in [3.63, 3.8) is 0 Å². The summed E-state index contributed by atoms with van der Waals surface area (Å²) in [6.07, 6.45) is 4.69. The molecule has 4 rings (SSSR count). The number of nitrogens with one attached hydrogen (secondary N) is 1. The third-order valence-corrected chi connectivity index (χ3v) is 4.46. The summed E-state index contributed by atoms with van der Waals surface area (Å²) in [5.74, 6) is 0.954. The van der Waals surface area contributed by atoms with Gasteiger partial charge in [0, 0.05) is 47.7 Å². The first-order valence-electron chi connectivity index (χ1n) is 8.43. The Labute approximate surface area is 146 Å². The number of aromatic nitrogens is 2. The maximum Gasteiger partial charge on any atom is 0.119 e. The number of hydrogen-bond donors (Lipinski definition) is 1. The number of ether oxygens (including phenoxy) is 1. The van der Waals surface area contributed by atoms with Crippen LogP contribution in [0.3, 0.4) is 0 Å². The van der Waals surface area contributed by atoms with Gasteiger partial charge in [-0.25, -0.2) is 0 Å². The van der Waals surface area contributed by atoms with Gasteiger partial charge in [0.25, 0.3) is 0 Å². The SMILES string of the molecule is COc1ccc2[nH]c(C3C=NCCC3=NCc3ccccn3)cc2c1. The summed E-state index contributed by atoms with van der Waals surface area (Å²) < 4.78 is 5.31. The van der Waals surface area contributed by atoms with E-state index in [-0.39, 0.29) is 5.92 Å². The third-order valence-electron chi connectivity index (χ3n) is 4.46. The van der Waals surface area contributed by atoms with Crippen LogP contribution >= 0.6 is 0 Å². The van der Waals surface area contributed by atoms with Crippen molar-refractivity contribution in [2.24, 2.45) is 9.98 Å². The molecule has 0 bridgehead atoms. The Morgan fingerprint density at radius 2 is 2.20 bits per heavy atom. The summed E-state index contributed by atoms with van der Waals surface area (Å²) in [6.45, 7) is 1.40. The first-order chi connectivity index (χ1) is 12.3. The van der Waals surface area contributed by atoms with E-state index in [0.717, 1.165) is 46.7 Å². The predicted octanol–water partition coefficient (Wildman–Crippen LogP) is 3.77. The van der Waals surface area contributed by atoms with Crippen LogP contribution in [0.5, 0.6) is 5.75 Å². The number of aromatic amines is 1. The standard InChI is InChI=1S/C20H20N4O/c1-25-16-5-6-18-14(10-16)11-20(24-18)17-13-21-9-7-19(17)23-12-15-4-2-3-8-22-15/h2-6,8,10-11,13,17,24H,7,9,12H2,1H3. The molecule has 3 heterocycles. The highest BCUT2D eigenvalue weighted by atomic mass is 16.5. The van der Waals surface area contributed by atoms with Gasteiger partial charge in [0.15, 0.2) is 0 Å². The number of nitrogens with zero attached hydrogens (tertiary/aromatic N) is 3. The van der Waals surface area contributed by atoms with Crippen LogP contribution in [0.15, 0.2) is 58.6 Å². The lowest BCUT2D eigenvalue weighted by atomic mass is 9.95. The first-order valence-corrected chi connectivity index (χ1v) is 8.43. The van der Waals surface area contributed by atoms with E-state index in [9.17, 15) is 0 Å². The lowest BCUT2D eigenvalue weighted by molar-refractivity contribution is 0.415. The smallest absolute Gasteiger partial charge is 0.119 e. The molecule has 2 aromatic heterocycles. The fourth-order valence-corrected chi connectivity index (χ4v) is 3.14. The molecular formula is C20H20N4O. The highest BCUT2D eigenvalue weighted by molar-refractivity contribution is 6.05. The molecule has 1 unspecified atom stereocenters. The number of methoxy groups -OCH3 is 1. The van der Waals surface area contributed by atoms with Gasteiger partial charge in [0.05, 0.1) is 25.3 Å². The van der Waals surface area contributed by atoms with E-state index in [4.69, 9.17) is 9.73 Å². The lowest BCUT2D eigenvalue weighted by Crippen LogP contribution is -2.20. The minimum absolute atomic E-state index is 0.0934. The van der Waals surface area contributed by atoms with Crippen molar-refractivity contribution in [1.29, 1.82) is 0 Å². The highest BCUT2D eigenvalue weighted by Gasteiger charge is 2.21. The van der Waals surface area contributed by atoms with Crippen LogP contribution in [0.4, 0.5) is 0 Å². The number of pyridine rings is 1. The number of aliphatic imine (C=N–C) groups is 2. The summed E-state index contributed by atoms with van der Waals surface area (Å²) >= 11 is 0. The normalized spacial score (nSPS) is 18.8. The number of benzene rings is 1. The molecule has 0 amide bonds. The Balaban J connectivity index is 1.64. The highest BCUT2D eigenvalue weighted by Crippen LogP contribution is 2.27. The van der Waals surface area contributed by atoms with E-state index in [1.807, 2.05) is 42.6 Å².